The van der Waals surface area contributed by atoms with Crippen LogP contribution >= 0.6 is 0 Å². The second-order valence-electron chi connectivity index (χ2n) is 7.79. The Morgan fingerprint density at radius 2 is 1.17 bits per heavy atom. The average Bonchev–Trinajstić information content (AvgIpc) is 2.92. The van der Waals surface area contributed by atoms with E-state index in [-0.39, 0.29) is 0 Å². The molecule has 0 saturated heterocycles. The molecule has 2 fully saturated rings. The highest BCUT2D eigenvalue weighted by Gasteiger charge is 2.18. The summed E-state index contributed by atoms with van der Waals surface area (Å²) in [7, 11) is 4.88. The highest BCUT2D eigenvalue weighted by atomic mass is 15.1. The molecule has 2 radical (unpaired) electrons. The smallest absolute Gasteiger partial charge is 0.183 e. The Balaban J connectivity index is 1.48. The Hall–Kier alpha value is -0.660. The van der Waals surface area contributed by atoms with Crippen molar-refractivity contribution in [3.63, 3.8) is 0 Å². The number of hydrogen-bond donors (Lipinski definition) is 1. The first kappa shape index (κ1) is 17.2. The molecule has 3 rings (SSSR count). The number of nitrogens with one attached hydrogen (secondary N) is 1. The van der Waals surface area contributed by atoms with Crippen LogP contribution in [-0.4, -0.2) is 24.8 Å². The number of aromatic nitrogens is 2. The highest BCUT2D eigenvalue weighted by molar-refractivity contribution is 6.58. The van der Waals surface area contributed by atoms with Crippen molar-refractivity contribution in [2.24, 2.45) is 0 Å². The normalized spacial score (nSPS) is 22.6. The van der Waals surface area contributed by atoms with Crippen molar-refractivity contribution in [1.29, 1.82) is 0 Å². The van der Waals surface area contributed by atoms with E-state index in [2.05, 4.69) is 30.8 Å². The Kier molecular flexibility index (Phi) is 7.16. The molecule has 0 atom stereocenters. The third-order valence-electron chi connectivity index (χ3n) is 5.74. The van der Waals surface area contributed by atoms with E-state index in [1.165, 1.54) is 101 Å². The molecule has 1 aromatic heterocycles. The van der Waals surface area contributed by atoms with Gasteiger partial charge in [-0.15, -0.1) is 0 Å². The summed E-state index contributed by atoms with van der Waals surface area (Å²) in [5.74, 6) is 1.50. The molecule has 1 N–H and O–H groups in total. The van der Waals surface area contributed by atoms with Gasteiger partial charge in [0, 0.05) is 5.59 Å². The van der Waals surface area contributed by atoms with E-state index in [0.717, 1.165) is 11.6 Å². The van der Waals surface area contributed by atoms with Gasteiger partial charge < -0.3 is 0 Å². The van der Waals surface area contributed by atoms with Crippen LogP contribution in [0.25, 0.3) is 0 Å². The van der Waals surface area contributed by atoms with Gasteiger partial charge in [-0.2, -0.15) is 5.10 Å². The van der Waals surface area contributed by atoms with E-state index < -0.39 is 0 Å². The molecule has 0 spiro atoms. The van der Waals surface area contributed by atoms with Crippen LogP contribution in [-0.2, 0) is 0 Å². The molecule has 0 amide bonds. The zero-order valence-corrected chi connectivity index (χ0v) is 14.7. The predicted molar refractivity (Wildman–Crippen MR) is 102 cm³/mol. The maximum Gasteiger partial charge on any atom is 0.183 e. The first-order chi connectivity index (χ1) is 11.4. The van der Waals surface area contributed by atoms with Crippen LogP contribution in [0.1, 0.15) is 89.9 Å². The van der Waals surface area contributed by atoms with Crippen LogP contribution in [0, 0.1) is 0 Å². The Labute approximate surface area is 144 Å². The van der Waals surface area contributed by atoms with Gasteiger partial charge in [-0.05, 0) is 11.7 Å². The predicted octanol–water partition coefficient (Wildman–Crippen LogP) is 4.13. The van der Waals surface area contributed by atoms with Crippen LogP contribution in [0.3, 0.4) is 0 Å². The van der Waals surface area contributed by atoms with Crippen LogP contribution in [0.5, 0.6) is 0 Å². The summed E-state index contributed by atoms with van der Waals surface area (Å²) in [5, 5.41) is 7.83. The monoisotopic (exact) mass is 310 g/mol. The first-order valence-electron chi connectivity index (χ1n) is 10.2. The SMILES string of the molecule is [B](c1cc([B]C2CCCCCCC2)[nH]n1)C1CCCCCCC1. The molecule has 4 heteroatoms. The number of hydrogen-bond acceptors (Lipinski definition) is 1. The number of aromatic amines is 1. The Bertz CT molecular complexity index is 392. The zero-order valence-electron chi connectivity index (χ0n) is 14.7. The van der Waals surface area contributed by atoms with E-state index >= 15 is 0 Å². The molecule has 1 heterocycles. The molecule has 2 saturated carbocycles. The first-order valence-corrected chi connectivity index (χ1v) is 10.2. The van der Waals surface area contributed by atoms with Gasteiger partial charge in [0.1, 0.15) is 0 Å². The molecule has 0 unspecified atom stereocenters. The fraction of sp³-hybridized carbons (Fsp3) is 0.842. The lowest BCUT2D eigenvalue weighted by atomic mass is 9.55. The third kappa shape index (κ3) is 6.04. The van der Waals surface area contributed by atoms with Crippen molar-refractivity contribution in [2.45, 2.75) is 102 Å². The van der Waals surface area contributed by atoms with E-state index in [4.69, 9.17) is 0 Å². The van der Waals surface area contributed by atoms with E-state index in [0.29, 0.717) is 0 Å². The molecular formula is C19H32B2N2. The lowest BCUT2D eigenvalue weighted by Crippen LogP contribution is -2.24. The quantitative estimate of drug-likeness (QED) is 0.832. The van der Waals surface area contributed by atoms with E-state index in [9.17, 15) is 0 Å². The summed E-state index contributed by atoms with van der Waals surface area (Å²) in [6.07, 6.45) is 19.6. The van der Waals surface area contributed by atoms with Crippen molar-refractivity contribution in [3.05, 3.63) is 6.07 Å². The summed E-state index contributed by atoms with van der Waals surface area (Å²) in [6, 6.07) is 2.28. The maximum atomic E-state index is 4.56. The lowest BCUT2D eigenvalue weighted by molar-refractivity contribution is 0.502. The van der Waals surface area contributed by atoms with E-state index in [1.54, 1.807) is 0 Å². The van der Waals surface area contributed by atoms with Crippen molar-refractivity contribution >= 4 is 25.7 Å². The van der Waals surface area contributed by atoms with Crippen LogP contribution in [0.4, 0.5) is 0 Å². The van der Waals surface area contributed by atoms with Gasteiger partial charge in [0.05, 0.1) is 0 Å². The summed E-state index contributed by atoms with van der Waals surface area (Å²) in [5.41, 5.74) is 2.42. The molecule has 0 aromatic carbocycles. The standard InChI is InChI=1S/C19H32B2N2/c1-3-7-11-16(12-8-4-1)20-18-15-19(23-22-18)21-17-13-9-5-2-6-10-14-17/h15-17H,1-14H2,(H,22,23). The molecule has 23 heavy (non-hydrogen) atoms. The van der Waals surface area contributed by atoms with Gasteiger partial charge in [-0.25, -0.2) is 0 Å². The lowest BCUT2D eigenvalue weighted by Gasteiger charge is -2.18. The average molecular weight is 310 g/mol. The molecule has 2 nitrogen and oxygen atoms in total. The van der Waals surface area contributed by atoms with Crippen LogP contribution in [0.15, 0.2) is 6.07 Å². The van der Waals surface area contributed by atoms with Gasteiger partial charge >= 0.3 is 0 Å². The minimum absolute atomic E-state index is 0.743. The van der Waals surface area contributed by atoms with Gasteiger partial charge in [0.15, 0.2) is 14.6 Å². The minimum Gasteiger partial charge on any atom is -0.293 e. The molecule has 0 bridgehead atoms. The van der Waals surface area contributed by atoms with Crippen LogP contribution in [0.2, 0.25) is 11.6 Å². The molecular weight excluding hydrogens is 278 g/mol. The van der Waals surface area contributed by atoms with Gasteiger partial charge in [0.25, 0.3) is 0 Å². The second-order valence-corrected chi connectivity index (χ2v) is 7.79. The van der Waals surface area contributed by atoms with Gasteiger partial charge in [-0.1, -0.05) is 102 Å². The molecule has 124 valence electrons. The topological polar surface area (TPSA) is 28.7 Å². The van der Waals surface area contributed by atoms with Crippen molar-refractivity contribution < 1.29 is 0 Å². The third-order valence-corrected chi connectivity index (χ3v) is 5.74. The number of H-pyrrole nitrogens is 1. The fourth-order valence-corrected chi connectivity index (χ4v) is 4.33. The van der Waals surface area contributed by atoms with Crippen molar-refractivity contribution in [1.82, 2.24) is 10.2 Å². The largest absolute Gasteiger partial charge is 0.293 e. The Morgan fingerprint density at radius 1 is 0.696 bits per heavy atom. The van der Waals surface area contributed by atoms with E-state index in [1.807, 2.05) is 0 Å². The van der Waals surface area contributed by atoms with Gasteiger partial charge in [0.2, 0.25) is 0 Å². The zero-order chi connectivity index (χ0) is 15.7. The minimum atomic E-state index is 0.743. The molecule has 0 aliphatic heterocycles. The maximum absolute atomic E-state index is 4.56. The number of nitrogens with zero attached hydrogens (tertiary/aromatic N) is 1. The van der Waals surface area contributed by atoms with Gasteiger partial charge in [-0.3, -0.25) is 5.10 Å². The summed E-state index contributed by atoms with van der Waals surface area (Å²) in [4.78, 5) is 0. The summed E-state index contributed by atoms with van der Waals surface area (Å²) >= 11 is 0. The second kappa shape index (κ2) is 9.59. The summed E-state index contributed by atoms with van der Waals surface area (Å²) < 4.78 is 0. The van der Waals surface area contributed by atoms with Crippen molar-refractivity contribution in [2.75, 3.05) is 0 Å². The summed E-state index contributed by atoms with van der Waals surface area (Å²) in [6.45, 7) is 0. The number of rotatable bonds is 4. The Morgan fingerprint density at radius 3 is 1.74 bits per heavy atom. The van der Waals surface area contributed by atoms with Crippen LogP contribution < -0.4 is 11.2 Å². The fourth-order valence-electron chi connectivity index (χ4n) is 4.33. The molecule has 1 aromatic rings. The molecule has 2 aliphatic carbocycles. The van der Waals surface area contributed by atoms with Crippen molar-refractivity contribution in [3.8, 4) is 0 Å². The molecule has 2 aliphatic rings. The highest BCUT2D eigenvalue weighted by Crippen LogP contribution is 2.26.